The number of phenols is 1. The lowest BCUT2D eigenvalue weighted by Gasteiger charge is -2.18. The molecule has 2 heterocycles. The second-order valence-corrected chi connectivity index (χ2v) is 18.2. The highest BCUT2D eigenvalue weighted by Gasteiger charge is 2.22. The second kappa shape index (κ2) is 10.9. The quantitative estimate of drug-likeness (QED) is 0.201. The van der Waals surface area contributed by atoms with Gasteiger partial charge in [0.15, 0.2) is 5.58 Å². The Kier molecular flexibility index (Phi) is 7.69. The molecule has 5 rings (SSSR count). The number of para-hydroxylation sites is 1. The predicted octanol–water partition coefficient (Wildman–Crippen LogP) is 9.84. The number of fused-ring (bicyclic) bond motifs is 1. The number of nitrogens with zero attached hydrogens (tertiary/aromatic N) is 2. The molecule has 0 atom stereocenters. The van der Waals surface area contributed by atoms with Gasteiger partial charge in [0.1, 0.15) is 11.3 Å². The van der Waals surface area contributed by atoms with E-state index in [0.717, 1.165) is 39.0 Å². The van der Waals surface area contributed by atoms with Crippen LogP contribution in [0.4, 0.5) is 0 Å². The number of rotatable bonds is 7. The number of oxazole rings is 1. The standard InChI is InChI=1S/C36H42N2O2Si/c1-21(2)24-15-26(17-27(16-24)32-20-28(13-14-37-32)41(7,8)9)29-11-10-12-33-34(29)38-36(40-33)31-19-25(22(3)4)18-30(23(5)6)35(31)39/h10-23,39H,1-9H3. The normalized spacial score (nSPS) is 12.3. The second-order valence-electron chi connectivity index (χ2n) is 13.2. The number of hydrogen-bond acceptors (Lipinski definition) is 4. The Hall–Kier alpha value is -3.70. The van der Waals surface area contributed by atoms with Gasteiger partial charge >= 0.3 is 0 Å². The van der Waals surface area contributed by atoms with Crippen molar-refractivity contribution in [3.05, 3.63) is 83.6 Å². The van der Waals surface area contributed by atoms with Gasteiger partial charge in [-0.3, -0.25) is 4.98 Å². The fourth-order valence-corrected chi connectivity index (χ4v) is 6.40. The van der Waals surface area contributed by atoms with Gasteiger partial charge in [0, 0.05) is 17.3 Å². The van der Waals surface area contributed by atoms with Crippen LogP contribution in [0.15, 0.2) is 71.3 Å². The molecule has 0 radical (unpaired) electrons. The first-order valence-electron chi connectivity index (χ1n) is 14.7. The number of pyridine rings is 1. The molecular weight excluding hydrogens is 520 g/mol. The summed E-state index contributed by atoms with van der Waals surface area (Å²) in [5.41, 5.74) is 9.66. The third-order valence-electron chi connectivity index (χ3n) is 7.95. The molecule has 1 N–H and O–H groups in total. The molecule has 3 aromatic carbocycles. The van der Waals surface area contributed by atoms with E-state index in [4.69, 9.17) is 14.4 Å². The summed E-state index contributed by atoms with van der Waals surface area (Å²) in [5.74, 6) is 1.54. The highest BCUT2D eigenvalue weighted by atomic mass is 28.3. The summed E-state index contributed by atoms with van der Waals surface area (Å²) < 4.78 is 6.33. The molecule has 0 unspecified atom stereocenters. The lowest BCUT2D eigenvalue weighted by molar-refractivity contribution is 0.463. The Labute approximate surface area is 245 Å². The van der Waals surface area contributed by atoms with Crippen LogP contribution >= 0.6 is 0 Å². The maximum absolute atomic E-state index is 11.3. The van der Waals surface area contributed by atoms with Gasteiger partial charge in [0.2, 0.25) is 5.89 Å². The SMILES string of the molecule is CC(C)c1cc(-c2cc([Si](C)(C)C)ccn2)cc(-c2cccc3oc(-c4cc(C(C)C)cc(C(C)C)c4O)nc23)c1. The fraction of sp³-hybridized carbons (Fsp3) is 0.333. The van der Waals surface area contributed by atoms with Crippen molar-refractivity contribution in [2.45, 2.75) is 78.9 Å². The Morgan fingerprint density at radius 2 is 1.41 bits per heavy atom. The summed E-state index contributed by atoms with van der Waals surface area (Å²) >= 11 is 0. The molecule has 5 heteroatoms. The monoisotopic (exact) mass is 562 g/mol. The first-order valence-corrected chi connectivity index (χ1v) is 18.2. The molecule has 212 valence electrons. The Balaban J connectivity index is 1.69. The molecular formula is C36H42N2O2Si. The van der Waals surface area contributed by atoms with Crippen LogP contribution in [0.25, 0.3) is 44.9 Å². The van der Waals surface area contributed by atoms with Gasteiger partial charge in [-0.25, -0.2) is 4.98 Å². The van der Waals surface area contributed by atoms with Crippen LogP contribution in [0.5, 0.6) is 5.75 Å². The van der Waals surface area contributed by atoms with E-state index in [9.17, 15) is 5.11 Å². The van der Waals surface area contributed by atoms with Crippen molar-refractivity contribution < 1.29 is 9.52 Å². The average molecular weight is 563 g/mol. The maximum Gasteiger partial charge on any atom is 0.231 e. The Bertz CT molecular complexity index is 1720. The van der Waals surface area contributed by atoms with Gasteiger partial charge in [-0.15, -0.1) is 0 Å². The minimum absolute atomic E-state index is 0.178. The molecule has 0 spiro atoms. The highest BCUT2D eigenvalue weighted by Crippen LogP contribution is 2.41. The number of aromatic hydroxyl groups is 1. The Morgan fingerprint density at radius 3 is 2.07 bits per heavy atom. The van der Waals surface area contributed by atoms with Gasteiger partial charge < -0.3 is 9.52 Å². The van der Waals surface area contributed by atoms with E-state index in [-0.39, 0.29) is 11.7 Å². The van der Waals surface area contributed by atoms with Crippen molar-refractivity contribution in [2.75, 3.05) is 0 Å². The van der Waals surface area contributed by atoms with Crippen LogP contribution in [-0.2, 0) is 0 Å². The third kappa shape index (κ3) is 5.73. The molecule has 0 amide bonds. The van der Waals surface area contributed by atoms with Crippen molar-refractivity contribution in [2.24, 2.45) is 0 Å². The summed E-state index contributed by atoms with van der Waals surface area (Å²) in [5, 5.41) is 12.7. The summed E-state index contributed by atoms with van der Waals surface area (Å²) in [7, 11) is -1.49. The van der Waals surface area contributed by atoms with Crippen LogP contribution in [-0.4, -0.2) is 23.1 Å². The van der Waals surface area contributed by atoms with Crippen molar-refractivity contribution in [1.29, 1.82) is 0 Å². The molecule has 0 saturated heterocycles. The molecule has 5 aromatic rings. The molecule has 0 saturated carbocycles. The number of phenolic OH excluding ortho intramolecular Hbond substituents is 1. The summed E-state index contributed by atoms with van der Waals surface area (Å²) in [6.45, 7) is 20.1. The van der Waals surface area contributed by atoms with E-state index in [2.05, 4.69) is 104 Å². The number of hydrogen-bond donors (Lipinski definition) is 1. The van der Waals surface area contributed by atoms with Gasteiger partial charge in [-0.05, 0) is 76.4 Å². The summed E-state index contributed by atoms with van der Waals surface area (Å²) in [6, 6.07) is 21.4. The molecule has 0 fully saturated rings. The number of aromatic nitrogens is 2. The van der Waals surface area contributed by atoms with Crippen LogP contribution in [0.1, 0.15) is 76.0 Å². The molecule has 4 nitrogen and oxygen atoms in total. The zero-order valence-corrected chi connectivity index (χ0v) is 26.8. The van der Waals surface area contributed by atoms with E-state index >= 15 is 0 Å². The van der Waals surface area contributed by atoms with E-state index in [0.29, 0.717) is 28.9 Å². The lowest BCUT2D eigenvalue weighted by Crippen LogP contribution is -2.37. The third-order valence-corrected chi connectivity index (χ3v) is 10.00. The van der Waals surface area contributed by atoms with Crippen molar-refractivity contribution in [3.8, 4) is 39.6 Å². The summed E-state index contributed by atoms with van der Waals surface area (Å²) in [4.78, 5) is 9.79. The minimum Gasteiger partial charge on any atom is -0.507 e. The zero-order chi connectivity index (χ0) is 29.6. The largest absolute Gasteiger partial charge is 0.507 e. The van der Waals surface area contributed by atoms with Crippen molar-refractivity contribution in [1.82, 2.24) is 9.97 Å². The van der Waals surface area contributed by atoms with Gasteiger partial charge in [0.05, 0.1) is 19.3 Å². The smallest absolute Gasteiger partial charge is 0.231 e. The number of benzene rings is 3. The zero-order valence-electron chi connectivity index (χ0n) is 25.8. The molecule has 0 aliphatic carbocycles. The Morgan fingerprint density at radius 1 is 0.732 bits per heavy atom. The van der Waals surface area contributed by atoms with E-state index in [1.165, 1.54) is 10.8 Å². The minimum atomic E-state index is -1.49. The molecule has 0 aliphatic heterocycles. The van der Waals surface area contributed by atoms with E-state index in [1.807, 2.05) is 24.4 Å². The van der Waals surface area contributed by atoms with Gasteiger partial charge in [-0.2, -0.15) is 0 Å². The first-order chi connectivity index (χ1) is 19.3. The molecule has 0 aliphatic rings. The van der Waals surface area contributed by atoms with Gasteiger partial charge in [0.25, 0.3) is 0 Å². The van der Waals surface area contributed by atoms with E-state index < -0.39 is 8.07 Å². The molecule has 41 heavy (non-hydrogen) atoms. The van der Waals surface area contributed by atoms with E-state index in [1.54, 1.807) is 0 Å². The maximum atomic E-state index is 11.3. The first kappa shape index (κ1) is 28.8. The van der Waals surface area contributed by atoms with Crippen molar-refractivity contribution in [3.63, 3.8) is 0 Å². The van der Waals surface area contributed by atoms with Crippen molar-refractivity contribution >= 4 is 24.4 Å². The van der Waals surface area contributed by atoms with Crippen LogP contribution < -0.4 is 5.19 Å². The highest BCUT2D eigenvalue weighted by molar-refractivity contribution is 6.88. The summed E-state index contributed by atoms with van der Waals surface area (Å²) in [6.07, 6.45) is 1.94. The predicted molar refractivity (Wildman–Crippen MR) is 175 cm³/mol. The molecule has 2 aromatic heterocycles. The van der Waals surface area contributed by atoms with Gasteiger partial charge in [-0.1, -0.05) is 90.6 Å². The van der Waals surface area contributed by atoms with Crippen LogP contribution in [0.3, 0.4) is 0 Å². The molecule has 0 bridgehead atoms. The van der Waals surface area contributed by atoms with Crippen LogP contribution in [0, 0.1) is 0 Å². The average Bonchev–Trinajstić information content (AvgIpc) is 3.36. The van der Waals surface area contributed by atoms with Crippen LogP contribution in [0.2, 0.25) is 19.6 Å². The fourth-order valence-electron chi connectivity index (χ4n) is 5.26. The lowest BCUT2D eigenvalue weighted by atomic mass is 9.92. The topological polar surface area (TPSA) is 59.2 Å².